The third-order valence-corrected chi connectivity index (χ3v) is 2.44. The van der Waals surface area contributed by atoms with Crippen molar-refractivity contribution in [3.05, 3.63) is 12.3 Å². The van der Waals surface area contributed by atoms with Crippen molar-refractivity contribution < 1.29 is 0 Å². The van der Waals surface area contributed by atoms with E-state index in [-0.39, 0.29) is 0 Å². The predicted molar refractivity (Wildman–Crippen MR) is 72.9 cm³/mol. The summed E-state index contributed by atoms with van der Waals surface area (Å²) in [5.74, 6) is 1.05. The summed E-state index contributed by atoms with van der Waals surface area (Å²) in [5.41, 5.74) is 5.36. The van der Waals surface area contributed by atoms with Gasteiger partial charge < -0.3 is 10.6 Å². The first kappa shape index (κ1) is 15.3. The second kappa shape index (κ2) is 10.8. The third kappa shape index (κ3) is 6.72. The minimum atomic E-state index is 0.320. The Morgan fingerprint density at radius 2 is 2.06 bits per heavy atom. The average molecular weight is 246 g/mol. The zero-order chi connectivity index (χ0) is 12.2. The van der Waals surface area contributed by atoms with Crippen molar-refractivity contribution in [1.29, 1.82) is 0 Å². The smallest absolute Gasteiger partial charge is 0.115 e. The molecule has 4 heteroatoms. The van der Waals surface area contributed by atoms with Gasteiger partial charge in [0.25, 0.3) is 0 Å². The standard InChI is InChI=1S/C12H24ClN3/c1-3-5-10-16(9-4-2)12(15-11-13)7-6-8-14/h6,8H,3-5,7,9-11,14H2,1-2H3/b8-6-,15-12+. The van der Waals surface area contributed by atoms with Gasteiger partial charge in [-0.3, -0.25) is 4.99 Å². The molecule has 0 aromatic carbocycles. The zero-order valence-corrected chi connectivity index (χ0v) is 11.2. The van der Waals surface area contributed by atoms with Crippen LogP contribution in [0, 0.1) is 0 Å². The molecule has 3 nitrogen and oxygen atoms in total. The maximum absolute atomic E-state index is 5.68. The molecule has 16 heavy (non-hydrogen) atoms. The second-order valence-electron chi connectivity index (χ2n) is 3.67. The van der Waals surface area contributed by atoms with Crippen LogP contribution in [0.2, 0.25) is 0 Å². The molecule has 94 valence electrons. The van der Waals surface area contributed by atoms with Gasteiger partial charge in [-0.2, -0.15) is 0 Å². The van der Waals surface area contributed by atoms with Crippen LogP contribution in [0.4, 0.5) is 0 Å². The van der Waals surface area contributed by atoms with Crippen LogP contribution >= 0.6 is 11.6 Å². The lowest BCUT2D eigenvalue weighted by atomic mass is 10.2. The van der Waals surface area contributed by atoms with E-state index in [0.29, 0.717) is 6.00 Å². The van der Waals surface area contributed by atoms with Gasteiger partial charge in [-0.1, -0.05) is 26.3 Å². The fraction of sp³-hybridized carbons (Fsp3) is 0.750. The number of amidine groups is 1. The van der Waals surface area contributed by atoms with E-state index >= 15 is 0 Å². The Morgan fingerprint density at radius 3 is 2.56 bits per heavy atom. The summed E-state index contributed by atoms with van der Waals surface area (Å²) < 4.78 is 0. The topological polar surface area (TPSA) is 41.6 Å². The monoisotopic (exact) mass is 245 g/mol. The van der Waals surface area contributed by atoms with Crippen molar-refractivity contribution in [2.45, 2.75) is 39.5 Å². The molecular weight excluding hydrogens is 222 g/mol. The second-order valence-corrected chi connectivity index (χ2v) is 3.91. The normalized spacial score (nSPS) is 12.3. The summed E-state index contributed by atoms with van der Waals surface area (Å²) in [5, 5.41) is 0. The molecule has 0 radical (unpaired) electrons. The van der Waals surface area contributed by atoms with E-state index in [9.17, 15) is 0 Å². The van der Waals surface area contributed by atoms with Crippen LogP contribution in [0.25, 0.3) is 0 Å². The van der Waals surface area contributed by atoms with Gasteiger partial charge in [-0.15, -0.1) is 11.6 Å². The number of rotatable bonds is 8. The summed E-state index contributed by atoms with van der Waals surface area (Å²) in [4.78, 5) is 6.65. The molecule has 0 aromatic heterocycles. The van der Waals surface area contributed by atoms with Crippen molar-refractivity contribution in [1.82, 2.24) is 4.90 Å². The molecule has 0 unspecified atom stereocenters. The molecule has 0 saturated heterocycles. The van der Waals surface area contributed by atoms with E-state index in [4.69, 9.17) is 17.3 Å². The van der Waals surface area contributed by atoms with Gasteiger partial charge in [0.15, 0.2) is 0 Å². The number of halogens is 1. The first-order chi connectivity index (χ1) is 7.79. The molecule has 0 rings (SSSR count). The molecule has 0 aromatic rings. The molecule has 0 fully saturated rings. The molecular formula is C12H24ClN3. The lowest BCUT2D eigenvalue weighted by Gasteiger charge is -2.25. The van der Waals surface area contributed by atoms with Gasteiger partial charge in [-0.05, 0) is 19.0 Å². The number of hydrogen-bond acceptors (Lipinski definition) is 2. The van der Waals surface area contributed by atoms with Crippen LogP contribution in [0.5, 0.6) is 0 Å². The van der Waals surface area contributed by atoms with Crippen LogP contribution in [0.1, 0.15) is 39.5 Å². The van der Waals surface area contributed by atoms with Crippen LogP contribution < -0.4 is 5.73 Å². The van der Waals surface area contributed by atoms with Gasteiger partial charge in [-0.25, -0.2) is 0 Å². The molecule has 0 aliphatic rings. The fourth-order valence-electron chi connectivity index (χ4n) is 1.52. The van der Waals surface area contributed by atoms with Gasteiger partial charge in [0.1, 0.15) is 11.8 Å². The van der Waals surface area contributed by atoms with Gasteiger partial charge in [0, 0.05) is 19.5 Å². The van der Waals surface area contributed by atoms with Crippen LogP contribution in [-0.4, -0.2) is 29.8 Å². The van der Waals surface area contributed by atoms with E-state index in [1.165, 1.54) is 12.8 Å². The molecule has 0 atom stereocenters. The third-order valence-electron chi connectivity index (χ3n) is 2.32. The van der Waals surface area contributed by atoms with Gasteiger partial charge >= 0.3 is 0 Å². The highest BCUT2D eigenvalue weighted by Crippen LogP contribution is 2.04. The van der Waals surface area contributed by atoms with Crippen LogP contribution in [0.15, 0.2) is 17.3 Å². The highest BCUT2D eigenvalue weighted by molar-refractivity contribution is 6.18. The molecule has 2 N–H and O–H groups in total. The Labute approximate surface area is 104 Å². The number of nitrogens with zero attached hydrogens (tertiary/aromatic N) is 2. The van der Waals surface area contributed by atoms with E-state index in [1.807, 2.05) is 6.08 Å². The predicted octanol–water partition coefficient (Wildman–Crippen LogP) is 2.96. The minimum Gasteiger partial charge on any atom is -0.405 e. The van der Waals surface area contributed by atoms with E-state index in [0.717, 1.165) is 31.8 Å². The highest BCUT2D eigenvalue weighted by Gasteiger charge is 2.08. The first-order valence-electron chi connectivity index (χ1n) is 6.01. The maximum Gasteiger partial charge on any atom is 0.115 e. The minimum absolute atomic E-state index is 0.320. The van der Waals surface area contributed by atoms with Gasteiger partial charge in [0.05, 0.1) is 0 Å². The molecule has 0 aliphatic carbocycles. The van der Waals surface area contributed by atoms with E-state index in [1.54, 1.807) is 6.20 Å². The highest BCUT2D eigenvalue weighted by atomic mass is 35.5. The molecule has 0 amide bonds. The summed E-state index contributed by atoms with van der Waals surface area (Å²) >= 11 is 5.68. The lowest BCUT2D eigenvalue weighted by Crippen LogP contribution is -2.32. The van der Waals surface area contributed by atoms with Crippen molar-refractivity contribution in [2.24, 2.45) is 10.7 Å². The number of nitrogens with two attached hydrogens (primary N) is 1. The van der Waals surface area contributed by atoms with E-state index in [2.05, 4.69) is 23.7 Å². The van der Waals surface area contributed by atoms with Crippen LogP contribution in [0.3, 0.4) is 0 Å². The van der Waals surface area contributed by atoms with Crippen molar-refractivity contribution in [3.8, 4) is 0 Å². The summed E-state index contributed by atoms with van der Waals surface area (Å²) in [6, 6.07) is 0.320. The SMILES string of the molecule is CCCCN(CCC)/C(C/C=C\N)=N/CCl. The number of hydrogen-bond donors (Lipinski definition) is 1. The first-order valence-corrected chi connectivity index (χ1v) is 6.54. The Kier molecular flexibility index (Phi) is 10.3. The quantitative estimate of drug-likeness (QED) is 0.309. The summed E-state index contributed by atoms with van der Waals surface area (Å²) in [7, 11) is 0. The van der Waals surface area contributed by atoms with E-state index < -0.39 is 0 Å². The van der Waals surface area contributed by atoms with Crippen LogP contribution in [-0.2, 0) is 0 Å². The lowest BCUT2D eigenvalue weighted by molar-refractivity contribution is 0.401. The Morgan fingerprint density at radius 1 is 1.31 bits per heavy atom. The van der Waals surface area contributed by atoms with Crippen molar-refractivity contribution in [2.75, 3.05) is 19.1 Å². The van der Waals surface area contributed by atoms with Crippen molar-refractivity contribution in [3.63, 3.8) is 0 Å². The molecule has 0 aliphatic heterocycles. The number of unbranched alkanes of at least 4 members (excludes halogenated alkanes) is 1. The number of aliphatic imine (C=N–C) groups is 1. The molecule has 0 saturated carbocycles. The summed E-state index contributed by atoms with van der Waals surface area (Å²) in [6.07, 6.45) is 7.76. The molecule has 0 bridgehead atoms. The average Bonchev–Trinajstić information content (AvgIpc) is 2.30. The Balaban J connectivity index is 4.44. The van der Waals surface area contributed by atoms with Gasteiger partial charge in [0.2, 0.25) is 0 Å². The Hall–Kier alpha value is -0.700. The maximum atomic E-state index is 5.68. The largest absolute Gasteiger partial charge is 0.405 e. The van der Waals surface area contributed by atoms with Crippen molar-refractivity contribution >= 4 is 17.4 Å². The zero-order valence-electron chi connectivity index (χ0n) is 10.5. The molecule has 0 heterocycles. The summed E-state index contributed by atoms with van der Waals surface area (Å²) in [6.45, 7) is 6.46. The number of alkyl halides is 1. The Bertz CT molecular complexity index is 214. The fourth-order valence-corrected chi connectivity index (χ4v) is 1.66. The molecule has 0 spiro atoms.